The zero-order valence-electron chi connectivity index (χ0n) is 12.1. The molecule has 0 radical (unpaired) electrons. The van der Waals surface area contributed by atoms with Gasteiger partial charge in [-0.2, -0.15) is 0 Å². The lowest BCUT2D eigenvalue weighted by atomic mass is 10.1. The van der Waals surface area contributed by atoms with E-state index in [-0.39, 0.29) is 0 Å². The molecule has 0 unspecified atom stereocenters. The quantitative estimate of drug-likeness (QED) is 0.643. The number of rotatable bonds is 5. The van der Waals surface area contributed by atoms with E-state index in [0.717, 1.165) is 22.9 Å². The van der Waals surface area contributed by atoms with Crippen LogP contribution in [0.2, 0.25) is 0 Å². The molecule has 0 aliphatic heterocycles. The molecule has 1 aromatic carbocycles. The molecule has 0 atom stereocenters. The number of benzene rings is 1. The van der Waals surface area contributed by atoms with Crippen LogP contribution in [0.3, 0.4) is 0 Å². The van der Waals surface area contributed by atoms with Crippen molar-refractivity contribution in [3.63, 3.8) is 0 Å². The van der Waals surface area contributed by atoms with E-state index < -0.39 is 0 Å². The molecule has 0 aliphatic rings. The summed E-state index contributed by atoms with van der Waals surface area (Å²) in [7, 11) is 4.75. The summed E-state index contributed by atoms with van der Waals surface area (Å²) in [6.45, 7) is 2.04. The van der Waals surface area contributed by atoms with Gasteiger partial charge in [0, 0.05) is 11.5 Å². The Labute approximate surface area is 117 Å². The van der Waals surface area contributed by atoms with Crippen LogP contribution in [-0.2, 0) is 6.42 Å². The summed E-state index contributed by atoms with van der Waals surface area (Å²) in [4.78, 5) is 4.51. The van der Waals surface area contributed by atoms with Crippen molar-refractivity contribution in [2.75, 3.05) is 26.8 Å². The van der Waals surface area contributed by atoms with Gasteiger partial charge in [0.25, 0.3) is 0 Å². The molecule has 0 spiro atoms. The molecule has 0 fully saturated rings. The largest absolute Gasteiger partial charge is 0.493 e. The number of nitrogens with zero attached hydrogens (tertiary/aromatic N) is 1. The molecule has 20 heavy (non-hydrogen) atoms. The standard InChI is InChI=1S/C14H19N3O3/c1-5-8-6-9-10(16-14(8)17-15)7-11(18-2)13(20-4)12(9)19-3/h6-7H,5,15H2,1-4H3,(H,16,17). The van der Waals surface area contributed by atoms with Gasteiger partial charge in [0.15, 0.2) is 11.5 Å². The minimum Gasteiger partial charge on any atom is -0.493 e. The fourth-order valence-electron chi connectivity index (χ4n) is 2.23. The molecule has 2 rings (SSSR count). The predicted octanol–water partition coefficient (Wildman–Crippen LogP) is 2.11. The van der Waals surface area contributed by atoms with E-state index in [2.05, 4.69) is 10.4 Å². The summed E-state index contributed by atoms with van der Waals surface area (Å²) >= 11 is 0. The van der Waals surface area contributed by atoms with Gasteiger partial charge in [-0.3, -0.25) is 0 Å². The summed E-state index contributed by atoms with van der Waals surface area (Å²) in [6, 6.07) is 3.80. The molecule has 6 heteroatoms. The van der Waals surface area contributed by atoms with E-state index in [4.69, 9.17) is 20.1 Å². The minimum absolute atomic E-state index is 0.555. The molecular weight excluding hydrogens is 258 g/mol. The molecule has 3 N–H and O–H groups in total. The number of nitrogen functional groups attached to an aromatic ring is 1. The number of aromatic nitrogens is 1. The molecular formula is C14H19N3O3. The maximum atomic E-state index is 5.51. The Hall–Kier alpha value is -2.21. The van der Waals surface area contributed by atoms with Gasteiger partial charge < -0.3 is 19.6 Å². The van der Waals surface area contributed by atoms with Gasteiger partial charge in [-0.05, 0) is 18.1 Å². The Morgan fingerprint density at radius 2 is 1.80 bits per heavy atom. The summed E-state index contributed by atoms with van der Waals surface area (Å²) < 4.78 is 16.2. The minimum atomic E-state index is 0.555. The molecule has 1 aromatic heterocycles. The molecule has 0 aliphatic carbocycles. The highest BCUT2D eigenvalue weighted by Gasteiger charge is 2.18. The van der Waals surface area contributed by atoms with Gasteiger partial charge in [-0.1, -0.05) is 6.92 Å². The number of aryl methyl sites for hydroxylation is 1. The van der Waals surface area contributed by atoms with E-state index in [0.29, 0.717) is 23.1 Å². The lowest BCUT2D eigenvalue weighted by Crippen LogP contribution is -2.11. The number of nitrogens with two attached hydrogens (primary N) is 1. The second-order valence-corrected chi connectivity index (χ2v) is 4.21. The third-order valence-electron chi connectivity index (χ3n) is 3.22. The number of methoxy groups -OCH3 is 3. The molecule has 108 valence electrons. The van der Waals surface area contributed by atoms with E-state index in [1.807, 2.05) is 13.0 Å². The first-order valence-corrected chi connectivity index (χ1v) is 6.29. The van der Waals surface area contributed by atoms with Crippen LogP contribution in [0, 0.1) is 0 Å². The second-order valence-electron chi connectivity index (χ2n) is 4.21. The number of ether oxygens (including phenoxy) is 3. The van der Waals surface area contributed by atoms with Gasteiger partial charge in [0.2, 0.25) is 5.75 Å². The van der Waals surface area contributed by atoms with Crippen molar-refractivity contribution in [1.82, 2.24) is 4.98 Å². The van der Waals surface area contributed by atoms with Crippen LogP contribution in [0.4, 0.5) is 5.82 Å². The Bertz CT molecular complexity index is 624. The summed E-state index contributed by atoms with van der Waals surface area (Å²) in [5.41, 5.74) is 4.35. The van der Waals surface area contributed by atoms with E-state index >= 15 is 0 Å². The molecule has 6 nitrogen and oxygen atoms in total. The highest BCUT2D eigenvalue weighted by Crippen LogP contribution is 2.43. The highest BCUT2D eigenvalue weighted by atomic mass is 16.5. The van der Waals surface area contributed by atoms with Crippen LogP contribution in [0.15, 0.2) is 12.1 Å². The molecule has 0 saturated carbocycles. The first-order valence-electron chi connectivity index (χ1n) is 6.29. The molecule has 0 saturated heterocycles. The lowest BCUT2D eigenvalue weighted by Gasteiger charge is -2.16. The molecule has 1 heterocycles. The van der Waals surface area contributed by atoms with Crippen LogP contribution in [0.1, 0.15) is 12.5 Å². The van der Waals surface area contributed by atoms with Gasteiger partial charge in [0.05, 0.1) is 26.8 Å². The Kier molecular flexibility index (Phi) is 4.14. The Balaban J connectivity index is 2.84. The van der Waals surface area contributed by atoms with E-state index in [9.17, 15) is 0 Å². The lowest BCUT2D eigenvalue weighted by molar-refractivity contribution is 0.327. The van der Waals surface area contributed by atoms with Crippen LogP contribution >= 0.6 is 0 Å². The zero-order valence-corrected chi connectivity index (χ0v) is 12.1. The van der Waals surface area contributed by atoms with Crippen molar-refractivity contribution >= 4 is 16.7 Å². The van der Waals surface area contributed by atoms with Gasteiger partial charge >= 0.3 is 0 Å². The maximum Gasteiger partial charge on any atom is 0.204 e. The number of fused-ring (bicyclic) bond motifs is 1. The monoisotopic (exact) mass is 277 g/mol. The first kappa shape index (κ1) is 14.2. The second kappa shape index (κ2) is 5.83. The van der Waals surface area contributed by atoms with Crippen LogP contribution < -0.4 is 25.5 Å². The first-order chi connectivity index (χ1) is 9.69. The summed E-state index contributed by atoms with van der Waals surface area (Å²) in [5, 5.41) is 0.862. The number of hydrogen-bond donors (Lipinski definition) is 2. The van der Waals surface area contributed by atoms with Gasteiger partial charge in [-0.25, -0.2) is 10.8 Å². The van der Waals surface area contributed by atoms with Crippen molar-refractivity contribution in [2.24, 2.45) is 5.84 Å². The Morgan fingerprint density at radius 1 is 1.10 bits per heavy atom. The third-order valence-corrected chi connectivity index (χ3v) is 3.22. The highest BCUT2D eigenvalue weighted by molar-refractivity contribution is 5.92. The van der Waals surface area contributed by atoms with Crippen LogP contribution in [0.25, 0.3) is 10.9 Å². The molecule has 2 aromatic rings. The van der Waals surface area contributed by atoms with Gasteiger partial charge in [-0.15, -0.1) is 0 Å². The third kappa shape index (κ3) is 2.18. The van der Waals surface area contributed by atoms with Crippen LogP contribution in [-0.4, -0.2) is 26.3 Å². The average molecular weight is 277 g/mol. The van der Waals surface area contributed by atoms with E-state index in [1.165, 1.54) is 0 Å². The molecule has 0 bridgehead atoms. The van der Waals surface area contributed by atoms with Gasteiger partial charge in [0.1, 0.15) is 5.82 Å². The zero-order chi connectivity index (χ0) is 14.7. The SMILES string of the molecule is CCc1cc2c(OC)c(OC)c(OC)cc2nc1NN. The molecule has 0 amide bonds. The maximum absolute atomic E-state index is 5.51. The smallest absolute Gasteiger partial charge is 0.204 e. The predicted molar refractivity (Wildman–Crippen MR) is 78.6 cm³/mol. The topological polar surface area (TPSA) is 78.6 Å². The van der Waals surface area contributed by atoms with Crippen LogP contribution in [0.5, 0.6) is 17.2 Å². The van der Waals surface area contributed by atoms with Crippen molar-refractivity contribution in [3.8, 4) is 17.2 Å². The van der Waals surface area contributed by atoms with Crippen molar-refractivity contribution in [3.05, 3.63) is 17.7 Å². The summed E-state index contributed by atoms with van der Waals surface area (Å²) in [5.74, 6) is 7.89. The fourth-order valence-corrected chi connectivity index (χ4v) is 2.23. The van der Waals surface area contributed by atoms with Crippen molar-refractivity contribution in [2.45, 2.75) is 13.3 Å². The number of pyridine rings is 1. The normalized spacial score (nSPS) is 10.4. The fraction of sp³-hybridized carbons (Fsp3) is 0.357. The number of anilines is 1. The average Bonchev–Trinajstić information content (AvgIpc) is 2.51. The summed E-state index contributed by atoms with van der Waals surface area (Å²) in [6.07, 6.45) is 0.806. The number of nitrogens with one attached hydrogen (secondary N) is 1. The van der Waals surface area contributed by atoms with Crippen molar-refractivity contribution in [1.29, 1.82) is 0 Å². The van der Waals surface area contributed by atoms with Crippen molar-refractivity contribution < 1.29 is 14.2 Å². The Morgan fingerprint density at radius 3 is 2.30 bits per heavy atom. The van der Waals surface area contributed by atoms with E-state index in [1.54, 1.807) is 27.4 Å². The number of hydrazine groups is 1. The number of hydrogen-bond acceptors (Lipinski definition) is 6.